The third-order valence-electron chi connectivity index (χ3n) is 5.13. The van der Waals surface area contributed by atoms with E-state index in [0.717, 1.165) is 25.7 Å². The van der Waals surface area contributed by atoms with Crippen molar-refractivity contribution in [2.75, 3.05) is 20.3 Å². The average molecular weight is 427 g/mol. The Hall–Kier alpha value is -3.22. The number of hydrogen-bond donors (Lipinski definition) is 2. The Bertz CT molecular complexity index is 926. The summed E-state index contributed by atoms with van der Waals surface area (Å²) in [5, 5.41) is 0. The first-order valence-electron chi connectivity index (χ1n) is 10.6. The SMILES string of the molecule is COc1cc(C(=O)NNC(=O)COc2ccc3c(c2)CCC3)ccc1OCCC(C)C. The maximum absolute atomic E-state index is 12.4. The minimum absolute atomic E-state index is 0.189. The lowest BCUT2D eigenvalue weighted by atomic mass is 10.1. The number of rotatable bonds is 9. The number of methoxy groups -OCH3 is 1. The molecule has 0 radical (unpaired) electrons. The van der Waals surface area contributed by atoms with Gasteiger partial charge < -0.3 is 14.2 Å². The molecule has 166 valence electrons. The summed E-state index contributed by atoms with van der Waals surface area (Å²) in [6.07, 6.45) is 4.21. The van der Waals surface area contributed by atoms with E-state index in [1.54, 1.807) is 18.2 Å². The van der Waals surface area contributed by atoms with E-state index in [2.05, 4.69) is 24.7 Å². The number of amides is 2. The monoisotopic (exact) mass is 426 g/mol. The van der Waals surface area contributed by atoms with Crippen LogP contribution in [0.2, 0.25) is 0 Å². The first-order valence-corrected chi connectivity index (χ1v) is 10.6. The Morgan fingerprint density at radius 1 is 0.968 bits per heavy atom. The van der Waals surface area contributed by atoms with E-state index in [0.29, 0.717) is 35.3 Å². The molecule has 0 spiro atoms. The van der Waals surface area contributed by atoms with Crippen LogP contribution < -0.4 is 25.1 Å². The molecule has 0 aliphatic heterocycles. The molecule has 1 aliphatic carbocycles. The molecule has 0 atom stereocenters. The predicted octanol–water partition coefficient (Wildman–Crippen LogP) is 3.45. The molecule has 0 unspecified atom stereocenters. The minimum atomic E-state index is -0.460. The maximum Gasteiger partial charge on any atom is 0.276 e. The molecule has 3 rings (SSSR count). The van der Waals surface area contributed by atoms with E-state index in [9.17, 15) is 9.59 Å². The molecular formula is C24H30N2O5. The fourth-order valence-electron chi connectivity index (χ4n) is 3.35. The molecule has 0 bridgehead atoms. The fourth-order valence-corrected chi connectivity index (χ4v) is 3.35. The summed E-state index contributed by atoms with van der Waals surface area (Å²) in [5.41, 5.74) is 7.72. The maximum atomic E-state index is 12.4. The van der Waals surface area contributed by atoms with Gasteiger partial charge >= 0.3 is 0 Å². The smallest absolute Gasteiger partial charge is 0.276 e. The highest BCUT2D eigenvalue weighted by atomic mass is 16.5. The van der Waals surface area contributed by atoms with Crippen LogP contribution in [-0.2, 0) is 17.6 Å². The van der Waals surface area contributed by atoms with E-state index in [-0.39, 0.29) is 6.61 Å². The van der Waals surface area contributed by atoms with Crippen molar-refractivity contribution in [2.45, 2.75) is 39.5 Å². The Kier molecular flexibility index (Phi) is 7.76. The summed E-state index contributed by atoms with van der Waals surface area (Å²) < 4.78 is 16.6. The number of benzene rings is 2. The van der Waals surface area contributed by atoms with Crippen LogP contribution in [0, 0.1) is 5.92 Å². The zero-order chi connectivity index (χ0) is 22.2. The van der Waals surface area contributed by atoms with Gasteiger partial charge in [0, 0.05) is 5.56 Å². The van der Waals surface area contributed by atoms with E-state index in [1.165, 1.54) is 18.2 Å². The first kappa shape index (κ1) is 22.5. The molecule has 31 heavy (non-hydrogen) atoms. The van der Waals surface area contributed by atoms with E-state index < -0.39 is 11.8 Å². The summed E-state index contributed by atoms with van der Waals surface area (Å²) >= 11 is 0. The van der Waals surface area contributed by atoms with Gasteiger partial charge in [-0.2, -0.15) is 0 Å². The molecule has 2 aromatic rings. The summed E-state index contributed by atoms with van der Waals surface area (Å²) in [6.45, 7) is 4.63. The number of hydrazine groups is 1. The number of hydrogen-bond acceptors (Lipinski definition) is 5. The third kappa shape index (κ3) is 6.38. The zero-order valence-electron chi connectivity index (χ0n) is 18.3. The van der Waals surface area contributed by atoms with Gasteiger partial charge in [0.2, 0.25) is 0 Å². The van der Waals surface area contributed by atoms with Crippen molar-refractivity contribution < 1.29 is 23.8 Å². The van der Waals surface area contributed by atoms with E-state index in [4.69, 9.17) is 14.2 Å². The second kappa shape index (κ2) is 10.7. The van der Waals surface area contributed by atoms with Crippen LogP contribution in [0.5, 0.6) is 17.2 Å². The largest absolute Gasteiger partial charge is 0.493 e. The summed E-state index contributed by atoms with van der Waals surface area (Å²) in [5.74, 6) is 1.31. The highest BCUT2D eigenvalue weighted by Crippen LogP contribution is 2.28. The molecule has 2 amide bonds. The van der Waals surface area contributed by atoms with Crippen LogP contribution in [0.3, 0.4) is 0 Å². The fraction of sp³-hybridized carbons (Fsp3) is 0.417. The Balaban J connectivity index is 1.47. The van der Waals surface area contributed by atoms with Crippen LogP contribution in [0.25, 0.3) is 0 Å². The molecule has 0 heterocycles. The van der Waals surface area contributed by atoms with Crippen molar-refractivity contribution in [1.29, 1.82) is 0 Å². The molecule has 7 nitrogen and oxygen atoms in total. The second-order valence-corrected chi connectivity index (χ2v) is 7.97. The quantitative estimate of drug-likeness (QED) is 0.600. The molecule has 7 heteroatoms. The number of carbonyl (C=O) groups is 2. The standard InChI is InChI=1S/C24H30N2O5/c1-16(2)11-12-30-21-10-8-19(14-22(21)29-3)24(28)26-25-23(27)15-31-20-9-7-17-5-4-6-18(17)13-20/h7-10,13-14,16H,4-6,11-12,15H2,1-3H3,(H,25,27)(H,26,28). The Labute approximate surface area is 183 Å². The van der Waals surface area contributed by atoms with Crippen LogP contribution in [0.15, 0.2) is 36.4 Å². The van der Waals surface area contributed by atoms with Crippen molar-refractivity contribution in [1.82, 2.24) is 10.9 Å². The lowest BCUT2D eigenvalue weighted by Crippen LogP contribution is -2.43. The van der Waals surface area contributed by atoms with Gasteiger partial charge in [0.25, 0.3) is 11.8 Å². The van der Waals surface area contributed by atoms with Gasteiger partial charge in [0.05, 0.1) is 13.7 Å². The lowest BCUT2D eigenvalue weighted by molar-refractivity contribution is -0.123. The first-order chi connectivity index (χ1) is 15.0. The molecule has 0 fully saturated rings. The summed E-state index contributed by atoms with van der Waals surface area (Å²) in [4.78, 5) is 24.4. The topological polar surface area (TPSA) is 85.9 Å². The number of carbonyl (C=O) groups excluding carboxylic acids is 2. The molecule has 0 aromatic heterocycles. The number of fused-ring (bicyclic) bond motifs is 1. The normalized spacial score (nSPS) is 12.3. The molecule has 2 N–H and O–H groups in total. The Morgan fingerprint density at radius 3 is 2.55 bits per heavy atom. The number of nitrogens with one attached hydrogen (secondary N) is 2. The van der Waals surface area contributed by atoms with Gasteiger partial charge in [-0.05, 0) is 73.1 Å². The van der Waals surface area contributed by atoms with Crippen molar-refractivity contribution in [3.8, 4) is 17.2 Å². The van der Waals surface area contributed by atoms with Gasteiger partial charge in [0.1, 0.15) is 5.75 Å². The Morgan fingerprint density at radius 2 is 1.77 bits per heavy atom. The van der Waals surface area contributed by atoms with Crippen LogP contribution in [-0.4, -0.2) is 32.1 Å². The van der Waals surface area contributed by atoms with Crippen LogP contribution in [0.1, 0.15) is 48.2 Å². The van der Waals surface area contributed by atoms with Crippen molar-refractivity contribution in [3.63, 3.8) is 0 Å². The van der Waals surface area contributed by atoms with Gasteiger partial charge in [0.15, 0.2) is 18.1 Å². The van der Waals surface area contributed by atoms with Crippen molar-refractivity contribution >= 4 is 11.8 Å². The van der Waals surface area contributed by atoms with E-state index >= 15 is 0 Å². The van der Waals surface area contributed by atoms with Gasteiger partial charge in [-0.15, -0.1) is 0 Å². The highest BCUT2D eigenvalue weighted by molar-refractivity contribution is 5.96. The molecule has 1 aliphatic rings. The molecule has 0 saturated heterocycles. The minimum Gasteiger partial charge on any atom is -0.493 e. The summed E-state index contributed by atoms with van der Waals surface area (Å²) in [7, 11) is 1.52. The average Bonchev–Trinajstić information content (AvgIpc) is 3.23. The molecule has 0 saturated carbocycles. The van der Waals surface area contributed by atoms with Crippen LogP contribution in [0.4, 0.5) is 0 Å². The van der Waals surface area contributed by atoms with Gasteiger partial charge in [-0.25, -0.2) is 0 Å². The molecular weight excluding hydrogens is 396 g/mol. The molecule has 2 aromatic carbocycles. The number of aryl methyl sites for hydroxylation is 2. The zero-order valence-corrected chi connectivity index (χ0v) is 18.3. The predicted molar refractivity (Wildman–Crippen MR) is 118 cm³/mol. The van der Waals surface area contributed by atoms with Crippen molar-refractivity contribution in [3.05, 3.63) is 53.1 Å². The third-order valence-corrected chi connectivity index (χ3v) is 5.13. The van der Waals surface area contributed by atoms with E-state index in [1.807, 2.05) is 18.2 Å². The second-order valence-electron chi connectivity index (χ2n) is 7.97. The lowest BCUT2D eigenvalue weighted by Gasteiger charge is -2.13. The number of ether oxygens (including phenoxy) is 3. The van der Waals surface area contributed by atoms with Crippen molar-refractivity contribution in [2.24, 2.45) is 5.92 Å². The van der Waals surface area contributed by atoms with Crippen LogP contribution >= 0.6 is 0 Å². The van der Waals surface area contributed by atoms with Gasteiger partial charge in [-0.3, -0.25) is 20.4 Å². The highest BCUT2D eigenvalue weighted by Gasteiger charge is 2.14. The summed E-state index contributed by atoms with van der Waals surface area (Å²) in [6, 6.07) is 10.8. The van der Waals surface area contributed by atoms with Gasteiger partial charge in [-0.1, -0.05) is 19.9 Å².